The normalized spacial score (nSPS) is 11.0. The van der Waals surface area contributed by atoms with E-state index in [0.29, 0.717) is 10.6 Å². The van der Waals surface area contributed by atoms with Crippen molar-refractivity contribution in [3.8, 4) is 0 Å². The zero-order chi connectivity index (χ0) is 12.1. The van der Waals surface area contributed by atoms with Crippen LogP contribution in [0, 0.1) is 0 Å². The number of esters is 1. The minimum atomic E-state index is -0.734. The Kier molecular flexibility index (Phi) is 4.08. The molecule has 1 aromatic carbocycles. The Morgan fingerprint density at radius 1 is 1.31 bits per heavy atom. The number of nitrogens with two attached hydrogens (primary N) is 1. The van der Waals surface area contributed by atoms with Crippen molar-refractivity contribution in [2.75, 3.05) is 7.11 Å². The Morgan fingerprint density at radius 3 is 2.38 bits per heavy atom. The zero-order valence-electron chi connectivity index (χ0n) is 8.57. The van der Waals surface area contributed by atoms with E-state index in [0.717, 1.165) is 6.08 Å². The first kappa shape index (κ1) is 12.3. The molecule has 16 heavy (non-hydrogen) atoms. The number of rotatable bonds is 3. The molecule has 0 atom stereocenters. The topological polar surface area (TPSA) is 69.4 Å². The number of hydrogen-bond donors (Lipinski definition) is 1. The molecule has 0 radical (unpaired) electrons. The fourth-order valence-electron chi connectivity index (χ4n) is 1.02. The summed E-state index contributed by atoms with van der Waals surface area (Å²) in [6.07, 6.45) is 1.02. The molecule has 0 fully saturated rings. The van der Waals surface area contributed by atoms with Gasteiger partial charge >= 0.3 is 5.97 Å². The highest BCUT2D eigenvalue weighted by Gasteiger charge is 2.08. The standard InChI is InChI=1S/C11H10ClNO3/c1-16-11(15)9(13)6-10(14)7-2-4-8(12)5-3-7/h2-6H,13H2,1H3. The molecule has 0 spiro atoms. The van der Waals surface area contributed by atoms with Gasteiger partial charge in [-0.15, -0.1) is 0 Å². The summed E-state index contributed by atoms with van der Waals surface area (Å²) < 4.78 is 4.36. The van der Waals surface area contributed by atoms with Crippen molar-refractivity contribution >= 4 is 23.4 Å². The molecule has 0 saturated carbocycles. The van der Waals surface area contributed by atoms with Crippen LogP contribution in [-0.4, -0.2) is 18.9 Å². The third kappa shape index (κ3) is 3.10. The highest BCUT2D eigenvalue weighted by Crippen LogP contribution is 2.10. The molecule has 0 aliphatic carbocycles. The number of halogens is 1. The summed E-state index contributed by atoms with van der Waals surface area (Å²) in [5, 5.41) is 0.529. The second-order valence-electron chi connectivity index (χ2n) is 2.96. The molecule has 2 N–H and O–H groups in total. The number of methoxy groups -OCH3 is 1. The van der Waals surface area contributed by atoms with Crippen LogP contribution >= 0.6 is 11.6 Å². The lowest BCUT2D eigenvalue weighted by Gasteiger charge is -1.99. The summed E-state index contributed by atoms with van der Waals surface area (Å²) in [5.74, 6) is -1.11. The molecule has 0 aliphatic heterocycles. The summed E-state index contributed by atoms with van der Waals surface area (Å²) in [6, 6.07) is 6.26. The fraction of sp³-hybridized carbons (Fsp3) is 0.0909. The first-order chi connectivity index (χ1) is 7.54. The van der Waals surface area contributed by atoms with Crippen LogP contribution in [0.4, 0.5) is 0 Å². The van der Waals surface area contributed by atoms with Crippen molar-refractivity contribution < 1.29 is 14.3 Å². The van der Waals surface area contributed by atoms with E-state index in [1.54, 1.807) is 24.3 Å². The van der Waals surface area contributed by atoms with Crippen molar-refractivity contribution in [3.05, 3.63) is 46.6 Å². The molecule has 0 bridgehead atoms. The van der Waals surface area contributed by atoms with Crippen molar-refractivity contribution in [1.29, 1.82) is 0 Å². The van der Waals surface area contributed by atoms with Crippen LogP contribution in [0.3, 0.4) is 0 Å². The lowest BCUT2D eigenvalue weighted by Crippen LogP contribution is -2.14. The Morgan fingerprint density at radius 2 is 1.88 bits per heavy atom. The van der Waals surface area contributed by atoms with Crippen molar-refractivity contribution in [3.63, 3.8) is 0 Å². The first-order valence-electron chi connectivity index (χ1n) is 4.40. The molecule has 4 nitrogen and oxygen atoms in total. The van der Waals surface area contributed by atoms with E-state index in [1.807, 2.05) is 0 Å². The number of allylic oxidation sites excluding steroid dienone is 1. The van der Waals surface area contributed by atoms with Crippen molar-refractivity contribution in [1.82, 2.24) is 0 Å². The van der Waals surface area contributed by atoms with Crippen molar-refractivity contribution in [2.45, 2.75) is 0 Å². The molecular formula is C11H10ClNO3. The third-order valence-corrected chi connectivity index (χ3v) is 2.09. The molecule has 5 heteroatoms. The van der Waals surface area contributed by atoms with E-state index >= 15 is 0 Å². The second kappa shape index (κ2) is 5.32. The number of ether oxygens (including phenoxy) is 1. The molecule has 1 rings (SSSR count). The molecule has 0 heterocycles. The highest BCUT2D eigenvalue weighted by molar-refractivity contribution is 6.30. The van der Waals surface area contributed by atoms with Gasteiger partial charge in [0.2, 0.25) is 0 Å². The van der Waals surface area contributed by atoms with E-state index < -0.39 is 5.97 Å². The van der Waals surface area contributed by atoms with Crippen molar-refractivity contribution in [2.24, 2.45) is 5.73 Å². The maximum atomic E-state index is 11.6. The van der Waals surface area contributed by atoms with Crippen LogP contribution in [0.5, 0.6) is 0 Å². The van der Waals surface area contributed by atoms with Gasteiger partial charge in [-0.3, -0.25) is 4.79 Å². The Labute approximate surface area is 97.6 Å². The van der Waals surface area contributed by atoms with Crippen LogP contribution < -0.4 is 5.73 Å². The predicted molar refractivity (Wildman–Crippen MR) is 60.1 cm³/mol. The zero-order valence-corrected chi connectivity index (χ0v) is 9.32. The Balaban J connectivity index is 2.87. The minimum absolute atomic E-state index is 0.234. The largest absolute Gasteiger partial charge is 0.464 e. The van der Waals surface area contributed by atoms with E-state index in [-0.39, 0.29) is 11.5 Å². The van der Waals surface area contributed by atoms with Gasteiger partial charge in [-0.2, -0.15) is 0 Å². The average Bonchev–Trinajstić information content (AvgIpc) is 2.28. The Hall–Kier alpha value is -1.81. The van der Waals surface area contributed by atoms with Gasteiger partial charge in [0.1, 0.15) is 5.70 Å². The third-order valence-electron chi connectivity index (χ3n) is 1.84. The molecule has 0 aromatic heterocycles. The van der Waals surface area contributed by atoms with Crippen LogP contribution in [0.15, 0.2) is 36.0 Å². The maximum Gasteiger partial charge on any atom is 0.354 e. The quantitative estimate of drug-likeness (QED) is 0.494. The van der Waals surface area contributed by atoms with E-state index in [9.17, 15) is 9.59 Å². The minimum Gasteiger partial charge on any atom is -0.464 e. The SMILES string of the molecule is COC(=O)C(N)=CC(=O)c1ccc(Cl)cc1. The number of hydrogen-bond acceptors (Lipinski definition) is 4. The fourth-order valence-corrected chi connectivity index (χ4v) is 1.14. The van der Waals surface area contributed by atoms with Gasteiger partial charge < -0.3 is 10.5 Å². The number of carbonyl (C=O) groups excluding carboxylic acids is 2. The summed E-state index contributed by atoms with van der Waals surface area (Å²) >= 11 is 5.67. The number of carbonyl (C=O) groups is 2. The first-order valence-corrected chi connectivity index (χ1v) is 4.77. The molecule has 0 amide bonds. The van der Waals surface area contributed by atoms with Gasteiger partial charge in [0.05, 0.1) is 7.11 Å². The maximum absolute atomic E-state index is 11.6. The van der Waals surface area contributed by atoms with Crippen LogP contribution in [0.1, 0.15) is 10.4 Å². The summed E-state index contributed by atoms with van der Waals surface area (Å²) in [5.41, 5.74) is 5.50. The van der Waals surface area contributed by atoms with Gasteiger partial charge in [-0.05, 0) is 24.3 Å². The van der Waals surface area contributed by atoms with Gasteiger partial charge in [0.15, 0.2) is 5.78 Å². The summed E-state index contributed by atoms with van der Waals surface area (Å²) in [6.45, 7) is 0. The second-order valence-corrected chi connectivity index (χ2v) is 3.40. The number of ketones is 1. The van der Waals surface area contributed by atoms with Gasteiger partial charge in [0.25, 0.3) is 0 Å². The Bertz CT molecular complexity index is 437. The lowest BCUT2D eigenvalue weighted by atomic mass is 10.1. The van der Waals surface area contributed by atoms with E-state index in [2.05, 4.69) is 4.74 Å². The molecule has 0 unspecified atom stereocenters. The van der Waals surface area contributed by atoms with Crippen LogP contribution in [0.25, 0.3) is 0 Å². The monoisotopic (exact) mass is 239 g/mol. The summed E-state index contributed by atoms with van der Waals surface area (Å²) in [4.78, 5) is 22.5. The van der Waals surface area contributed by atoms with E-state index in [4.69, 9.17) is 17.3 Å². The van der Waals surface area contributed by atoms with Gasteiger partial charge in [-0.1, -0.05) is 11.6 Å². The van der Waals surface area contributed by atoms with E-state index in [1.165, 1.54) is 7.11 Å². The average molecular weight is 240 g/mol. The molecule has 1 aromatic rings. The predicted octanol–water partition coefficient (Wildman–Crippen LogP) is 1.54. The molecular weight excluding hydrogens is 230 g/mol. The molecule has 0 aliphatic rings. The molecule has 84 valence electrons. The highest BCUT2D eigenvalue weighted by atomic mass is 35.5. The molecule has 0 saturated heterocycles. The smallest absolute Gasteiger partial charge is 0.354 e. The lowest BCUT2D eigenvalue weighted by molar-refractivity contribution is -0.136. The van der Waals surface area contributed by atoms with Gasteiger partial charge in [0, 0.05) is 16.7 Å². The summed E-state index contributed by atoms with van der Waals surface area (Å²) in [7, 11) is 1.19. The van der Waals surface area contributed by atoms with Crippen LogP contribution in [0.2, 0.25) is 5.02 Å². The van der Waals surface area contributed by atoms with Crippen LogP contribution in [-0.2, 0) is 9.53 Å². The number of benzene rings is 1. The van der Waals surface area contributed by atoms with Gasteiger partial charge in [-0.25, -0.2) is 4.79 Å².